The van der Waals surface area contributed by atoms with E-state index in [9.17, 15) is 0 Å². The molecule has 0 radical (unpaired) electrons. The quantitative estimate of drug-likeness (QED) is 0.540. The third kappa shape index (κ3) is 3.81. The van der Waals surface area contributed by atoms with Crippen molar-refractivity contribution in [3.05, 3.63) is 66.4 Å². The molecule has 0 spiro atoms. The van der Waals surface area contributed by atoms with Crippen LogP contribution >= 0.6 is 0 Å². The van der Waals surface area contributed by atoms with Crippen molar-refractivity contribution in [2.24, 2.45) is 0 Å². The van der Waals surface area contributed by atoms with Gasteiger partial charge in [-0.2, -0.15) is 5.10 Å². The van der Waals surface area contributed by atoms with Crippen LogP contribution in [0.4, 0.5) is 0 Å². The molecule has 1 unspecified atom stereocenters. The van der Waals surface area contributed by atoms with Crippen LogP contribution in [0.15, 0.2) is 53.5 Å². The highest BCUT2D eigenvalue weighted by atomic mass is 16.3. The number of pyridine rings is 1. The highest BCUT2D eigenvalue weighted by molar-refractivity contribution is 5.65. The SMILES string of the molecule is c1coc(Cn2nnnc2CN2CCCC(c3[nH]ncc3-c3ccncc3)C2)c1. The van der Waals surface area contributed by atoms with E-state index < -0.39 is 0 Å². The molecule has 1 atom stereocenters. The number of piperidine rings is 1. The molecule has 5 heterocycles. The molecule has 1 N–H and O–H groups in total. The molecule has 5 rings (SSSR count). The van der Waals surface area contributed by atoms with E-state index in [1.54, 1.807) is 10.9 Å². The fraction of sp³-hybridized carbons (Fsp3) is 0.350. The summed E-state index contributed by atoms with van der Waals surface area (Å²) in [5.74, 6) is 2.08. The first kappa shape index (κ1) is 17.7. The molecule has 0 amide bonds. The van der Waals surface area contributed by atoms with Gasteiger partial charge < -0.3 is 4.42 Å². The highest BCUT2D eigenvalue weighted by Gasteiger charge is 2.26. The molecule has 9 nitrogen and oxygen atoms in total. The van der Waals surface area contributed by atoms with Crippen molar-refractivity contribution in [1.29, 1.82) is 0 Å². The average Bonchev–Trinajstić information content (AvgIpc) is 3.52. The lowest BCUT2D eigenvalue weighted by Crippen LogP contribution is -2.35. The summed E-state index contributed by atoms with van der Waals surface area (Å²) in [5, 5.41) is 19.8. The maximum Gasteiger partial charge on any atom is 0.165 e. The minimum atomic E-state index is 0.392. The Morgan fingerprint density at radius 2 is 2.10 bits per heavy atom. The Balaban J connectivity index is 1.30. The fourth-order valence-electron chi connectivity index (χ4n) is 4.01. The van der Waals surface area contributed by atoms with Gasteiger partial charge in [0, 0.05) is 36.1 Å². The Bertz CT molecular complexity index is 1040. The number of nitrogens with one attached hydrogen (secondary N) is 1. The molecule has 1 fully saturated rings. The molecule has 1 saturated heterocycles. The third-order valence-electron chi connectivity index (χ3n) is 5.43. The van der Waals surface area contributed by atoms with Gasteiger partial charge in [-0.15, -0.1) is 5.10 Å². The van der Waals surface area contributed by atoms with Crippen LogP contribution in [0.25, 0.3) is 11.1 Å². The summed E-state index contributed by atoms with van der Waals surface area (Å²) >= 11 is 0. The molecule has 1 aliphatic heterocycles. The number of H-pyrrole nitrogens is 1. The van der Waals surface area contributed by atoms with Crippen LogP contribution in [-0.4, -0.2) is 53.4 Å². The average molecular weight is 390 g/mol. The van der Waals surface area contributed by atoms with Crippen molar-refractivity contribution in [1.82, 2.24) is 40.3 Å². The molecule has 0 saturated carbocycles. The van der Waals surface area contributed by atoms with Gasteiger partial charge in [0.15, 0.2) is 5.82 Å². The van der Waals surface area contributed by atoms with E-state index in [1.165, 1.54) is 5.69 Å². The molecule has 148 valence electrons. The molecule has 4 aromatic heterocycles. The van der Waals surface area contributed by atoms with E-state index in [1.807, 2.05) is 42.9 Å². The van der Waals surface area contributed by atoms with Crippen LogP contribution in [0.5, 0.6) is 0 Å². The van der Waals surface area contributed by atoms with E-state index >= 15 is 0 Å². The van der Waals surface area contributed by atoms with Gasteiger partial charge >= 0.3 is 0 Å². The predicted octanol–water partition coefficient (Wildman–Crippen LogP) is 2.48. The van der Waals surface area contributed by atoms with Gasteiger partial charge in [-0.1, -0.05) is 0 Å². The predicted molar refractivity (Wildman–Crippen MR) is 105 cm³/mol. The molecule has 9 heteroatoms. The number of tetrazole rings is 1. The molecule has 0 aromatic carbocycles. The minimum absolute atomic E-state index is 0.392. The number of aromatic nitrogens is 7. The Kier molecular flexibility index (Phi) is 4.87. The van der Waals surface area contributed by atoms with Crippen LogP contribution in [0.1, 0.15) is 36.0 Å². The largest absolute Gasteiger partial charge is 0.467 e. The first-order chi connectivity index (χ1) is 14.4. The van der Waals surface area contributed by atoms with Crippen LogP contribution < -0.4 is 0 Å². The smallest absolute Gasteiger partial charge is 0.165 e. The van der Waals surface area contributed by atoms with E-state index in [0.717, 1.165) is 48.6 Å². The zero-order valence-electron chi connectivity index (χ0n) is 16.0. The zero-order valence-corrected chi connectivity index (χ0v) is 16.0. The van der Waals surface area contributed by atoms with Gasteiger partial charge in [-0.25, -0.2) is 4.68 Å². The molecule has 29 heavy (non-hydrogen) atoms. The van der Waals surface area contributed by atoms with E-state index in [0.29, 0.717) is 19.0 Å². The lowest BCUT2D eigenvalue weighted by molar-refractivity contribution is 0.191. The van der Waals surface area contributed by atoms with Crippen molar-refractivity contribution >= 4 is 0 Å². The van der Waals surface area contributed by atoms with Gasteiger partial charge in [-0.3, -0.25) is 15.0 Å². The van der Waals surface area contributed by atoms with Crippen LogP contribution in [0.3, 0.4) is 0 Å². The van der Waals surface area contributed by atoms with Gasteiger partial charge in [0.1, 0.15) is 12.3 Å². The lowest BCUT2D eigenvalue weighted by atomic mass is 9.91. The summed E-state index contributed by atoms with van der Waals surface area (Å²) < 4.78 is 7.23. The van der Waals surface area contributed by atoms with Gasteiger partial charge in [0.05, 0.1) is 19.0 Å². The van der Waals surface area contributed by atoms with Crippen molar-refractivity contribution < 1.29 is 4.42 Å². The van der Waals surface area contributed by atoms with E-state index in [-0.39, 0.29) is 0 Å². The first-order valence-corrected chi connectivity index (χ1v) is 9.80. The number of nitrogens with zero attached hydrogens (tertiary/aromatic N) is 7. The number of likely N-dealkylation sites (tertiary alicyclic amines) is 1. The molecular formula is C20H22N8O. The minimum Gasteiger partial charge on any atom is -0.467 e. The second kappa shape index (κ2) is 7.96. The Labute approximate surface area is 167 Å². The Hall–Kier alpha value is -3.33. The topological polar surface area (TPSA) is 102 Å². The van der Waals surface area contributed by atoms with Gasteiger partial charge in [-0.05, 0) is 59.6 Å². The van der Waals surface area contributed by atoms with Crippen molar-refractivity contribution in [2.75, 3.05) is 13.1 Å². The maximum absolute atomic E-state index is 5.43. The summed E-state index contributed by atoms with van der Waals surface area (Å²) in [5.41, 5.74) is 3.49. The van der Waals surface area contributed by atoms with E-state index in [4.69, 9.17) is 4.42 Å². The Morgan fingerprint density at radius 3 is 2.97 bits per heavy atom. The molecule has 0 bridgehead atoms. The third-order valence-corrected chi connectivity index (χ3v) is 5.43. The van der Waals surface area contributed by atoms with Crippen LogP contribution in [0.2, 0.25) is 0 Å². The molecule has 0 aliphatic carbocycles. The normalized spacial score (nSPS) is 17.6. The summed E-state index contributed by atoms with van der Waals surface area (Å²) in [7, 11) is 0. The molecule has 4 aromatic rings. The highest BCUT2D eigenvalue weighted by Crippen LogP contribution is 2.33. The zero-order chi connectivity index (χ0) is 19.5. The standard InChI is InChI=1S/C20H22N8O/c1-3-16(20-18(11-22-24-20)15-5-7-21-8-6-15)12-27(9-1)14-19-23-25-26-28(19)13-17-4-2-10-29-17/h2,4-8,10-11,16H,1,3,9,12-14H2,(H,22,24). The van der Waals surface area contributed by atoms with Crippen LogP contribution in [-0.2, 0) is 13.1 Å². The number of furan rings is 1. The second-order valence-corrected chi connectivity index (χ2v) is 7.34. The number of hydrogen-bond donors (Lipinski definition) is 1. The fourth-order valence-corrected chi connectivity index (χ4v) is 4.01. The summed E-state index contributed by atoms with van der Waals surface area (Å²) in [4.78, 5) is 6.53. The van der Waals surface area contributed by atoms with Gasteiger partial charge in [0.25, 0.3) is 0 Å². The second-order valence-electron chi connectivity index (χ2n) is 7.34. The van der Waals surface area contributed by atoms with Gasteiger partial charge in [0.2, 0.25) is 0 Å². The number of hydrogen-bond acceptors (Lipinski definition) is 7. The van der Waals surface area contributed by atoms with Crippen molar-refractivity contribution in [2.45, 2.75) is 31.8 Å². The summed E-state index contributed by atoms with van der Waals surface area (Å²) in [6, 6.07) is 7.86. The summed E-state index contributed by atoms with van der Waals surface area (Å²) in [6.07, 6.45) is 9.47. The molecular weight excluding hydrogens is 368 g/mol. The number of aromatic amines is 1. The number of rotatable bonds is 6. The maximum atomic E-state index is 5.43. The Morgan fingerprint density at radius 1 is 1.17 bits per heavy atom. The summed E-state index contributed by atoms with van der Waals surface area (Å²) in [6.45, 7) is 3.22. The lowest BCUT2D eigenvalue weighted by Gasteiger charge is -2.32. The van der Waals surface area contributed by atoms with Crippen molar-refractivity contribution in [3.63, 3.8) is 0 Å². The monoisotopic (exact) mass is 390 g/mol. The first-order valence-electron chi connectivity index (χ1n) is 9.80. The molecule has 1 aliphatic rings. The van der Waals surface area contributed by atoms with E-state index in [2.05, 4.69) is 35.6 Å². The van der Waals surface area contributed by atoms with Crippen LogP contribution in [0, 0.1) is 0 Å². The van der Waals surface area contributed by atoms with Crippen molar-refractivity contribution in [3.8, 4) is 11.1 Å².